The third kappa shape index (κ3) is 5.15. The molecule has 0 atom stereocenters. The van der Waals surface area contributed by atoms with Crippen LogP contribution in [0.2, 0.25) is 0 Å². The van der Waals surface area contributed by atoms with Gasteiger partial charge in [0.05, 0.1) is 5.75 Å². The quantitative estimate of drug-likeness (QED) is 0.182. The second-order valence-electron chi connectivity index (χ2n) is 10.2. The molecule has 0 unspecified atom stereocenters. The standard InChI is InChI=1S/C16H12O.2C10H9NO.Al/c17-16-11-10-13(12-6-2-1-3-7-12)14-8-4-5-9-15(14)16;2*1-7-5-6-8-3-2-4-9(12)10(8)11-7;/h1-11,17H;2*2-6,12H,1H3;/q;;;+3/p-3. The average molecular weight is 563 g/mol. The van der Waals surface area contributed by atoms with Gasteiger partial charge in [-0.05, 0) is 60.7 Å². The number of fused-ring (bicyclic) bond motifs is 3. The third-order valence-electron chi connectivity index (χ3n) is 7.28. The number of aryl methyl sites for hydroxylation is 2. The number of rotatable bonds is 7. The number of nitrogens with zero attached hydrogens (tertiary/aromatic N) is 2. The van der Waals surface area contributed by atoms with E-state index in [4.69, 9.17) is 21.3 Å². The highest BCUT2D eigenvalue weighted by molar-refractivity contribution is 6.40. The van der Waals surface area contributed by atoms with Crippen LogP contribution in [0.4, 0.5) is 0 Å². The van der Waals surface area contributed by atoms with Crippen LogP contribution in [0.25, 0.3) is 43.7 Å². The molecule has 202 valence electrons. The van der Waals surface area contributed by atoms with Crippen molar-refractivity contribution in [1.82, 2.24) is 9.97 Å². The number of pyridine rings is 2. The monoisotopic (exact) mass is 562 g/mol. The molecule has 0 aliphatic rings. The maximum atomic E-state index is 6.72. The lowest BCUT2D eigenvalue weighted by Crippen LogP contribution is -2.37. The van der Waals surface area contributed by atoms with Crippen molar-refractivity contribution in [3.8, 4) is 28.4 Å². The van der Waals surface area contributed by atoms with E-state index in [9.17, 15) is 0 Å². The molecule has 7 aromatic rings. The fourth-order valence-electron chi connectivity index (χ4n) is 5.25. The third-order valence-corrected chi connectivity index (χ3v) is 8.62. The summed E-state index contributed by atoms with van der Waals surface area (Å²) in [5, 5.41) is 4.07. The summed E-state index contributed by atoms with van der Waals surface area (Å²) in [7, 11) is 0. The second-order valence-corrected chi connectivity index (χ2v) is 11.5. The first-order valence-electron chi connectivity index (χ1n) is 13.9. The van der Waals surface area contributed by atoms with E-state index in [0.29, 0.717) is 17.2 Å². The number of hydrogen-bond acceptors (Lipinski definition) is 5. The summed E-state index contributed by atoms with van der Waals surface area (Å²) in [5.74, 6) is 1.96. The Morgan fingerprint density at radius 2 is 1.00 bits per heavy atom. The molecule has 0 N–H and O–H groups in total. The maximum absolute atomic E-state index is 6.72. The van der Waals surface area contributed by atoms with Crippen LogP contribution >= 0.6 is 0 Å². The Bertz CT molecular complexity index is 1980. The van der Waals surface area contributed by atoms with Crippen molar-refractivity contribution in [1.29, 1.82) is 0 Å². The van der Waals surface area contributed by atoms with Gasteiger partial charge in [0.2, 0.25) is 0 Å². The van der Waals surface area contributed by atoms with Gasteiger partial charge in [-0.1, -0.05) is 97.1 Å². The zero-order valence-corrected chi connectivity index (χ0v) is 24.5. The van der Waals surface area contributed by atoms with Crippen molar-refractivity contribution in [2.75, 3.05) is 0 Å². The Labute approximate surface area is 249 Å². The number of para-hydroxylation sites is 2. The molecule has 0 aliphatic carbocycles. The molecule has 0 amide bonds. The number of benzene rings is 5. The van der Waals surface area contributed by atoms with E-state index < -0.39 is 15.1 Å². The summed E-state index contributed by atoms with van der Waals surface area (Å²) >= 11 is -2.94. The first-order valence-corrected chi connectivity index (χ1v) is 15.3. The Kier molecular flexibility index (Phi) is 6.93. The molecular weight excluding hydrogens is 535 g/mol. The lowest BCUT2D eigenvalue weighted by atomic mass is 9.98. The van der Waals surface area contributed by atoms with Gasteiger partial charge >= 0.3 is 15.1 Å². The van der Waals surface area contributed by atoms with Gasteiger partial charge in [-0.15, -0.1) is 0 Å². The zero-order valence-electron chi connectivity index (χ0n) is 23.3. The highest BCUT2D eigenvalue weighted by Crippen LogP contribution is 2.36. The lowest BCUT2D eigenvalue weighted by Gasteiger charge is -2.20. The predicted octanol–water partition coefficient (Wildman–Crippen LogP) is 8.74. The summed E-state index contributed by atoms with van der Waals surface area (Å²) in [6, 6.07) is 42.7. The van der Waals surface area contributed by atoms with Crippen LogP contribution in [-0.2, 0) is 0 Å². The zero-order chi connectivity index (χ0) is 28.5. The van der Waals surface area contributed by atoms with E-state index in [-0.39, 0.29) is 0 Å². The fourth-order valence-corrected chi connectivity index (χ4v) is 6.60. The predicted molar refractivity (Wildman–Crippen MR) is 170 cm³/mol. The van der Waals surface area contributed by atoms with Crippen molar-refractivity contribution in [3.05, 3.63) is 139 Å². The number of aromatic nitrogens is 2. The highest BCUT2D eigenvalue weighted by atomic mass is 27.3. The van der Waals surface area contributed by atoms with Gasteiger partial charge in [-0.25, -0.2) is 9.97 Å². The molecule has 0 spiro atoms. The normalized spacial score (nSPS) is 11.1. The first-order chi connectivity index (χ1) is 20.6. The van der Waals surface area contributed by atoms with E-state index in [2.05, 4.69) is 60.7 Å². The molecule has 0 saturated heterocycles. The van der Waals surface area contributed by atoms with E-state index >= 15 is 0 Å². The molecule has 0 bridgehead atoms. The largest absolute Gasteiger partial charge is 1.20 e. The van der Waals surface area contributed by atoms with Crippen molar-refractivity contribution in [2.45, 2.75) is 13.8 Å². The molecule has 5 nitrogen and oxygen atoms in total. The minimum atomic E-state index is -2.94. The van der Waals surface area contributed by atoms with Crippen LogP contribution in [-0.4, -0.2) is 25.1 Å². The highest BCUT2D eigenvalue weighted by Gasteiger charge is 2.45. The fraction of sp³-hybridized carbons (Fsp3) is 0.0556. The minimum Gasteiger partial charge on any atom is -0.577 e. The van der Waals surface area contributed by atoms with E-state index in [1.54, 1.807) is 0 Å². The Balaban J connectivity index is 1.33. The molecule has 5 aromatic carbocycles. The molecule has 2 heterocycles. The Hall–Kier alpha value is -4.89. The van der Waals surface area contributed by atoms with Crippen LogP contribution in [0.5, 0.6) is 17.2 Å². The minimum absolute atomic E-state index is 0.627. The summed E-state index contributed by atoms with van der Waals surface area (Å²) in [6.07, 6.45) is 0. The Morgan fingerprint density at radius 1 is 0.452 bits per heavy atom. The van der Waals surface area contributed by atoms with Crippen molar-refractivity contribution >= 4 is 47.7 Å². The summed E-state index contributed by atoms with van der Waals surface area (Å²) in [6.45, 7) is 3.95. The van der Waals surface area contributed by atoms with Crippen LogP contribution in [0.1, 0.15) is 11.4 Å². The summed E-state index contributed by atoms with van der Waals surface area (Å²) in [4.78, 5) is 9.55. The van der Waals surface area contributed by atoms with Crippen LogP contribution in [0, 0.1) is 13.8 Å². The Morgan fingerprint density at radius 3 is 1.62 bits per heavy atom. The molecule has 0 saturated carbocycles. The van der Waals surface area contributed by atoms with E-state index in [0.717, 1.165) is 55.1 Å². The lowest BCUT2D eigenvalue weighted by molar-refractivity contribution is 0.311. The van der Waals surface area contributed by atoms with Crippen LogP contribution < -0.4 is 11.4 Å². The molecule has 6 heteroatoms. The molecule has 42 heavy (non-hydrogen) atoms. The van der Waals surface area contributed by atoms with Crippen molar-refractivity contribution in [2.24, 2.45) is 0 Å². The van der Waals surface area contributed by atoms with Gasteiger partial charge in [0.15, 0.2) is 0 Å². The van der Waals surface area contributed by atoms with E-state index in [1.807, 2.05) is 80.6 Å². The second kappa shape index (κ2) is 11.2. The van der Waals surface area contributed by atoms with Gasteiger partial charge in [0, 0.05) is 27.5 Å². The molecule has 0 aliphatic heterocycles. The molecule has 0 fully saturated rings. The average Bonchev–Trinajstić information content (AvgIpc) is 3.02. The van der Waals surface area contributed by atoms with Gasteiger partial charge in [0.1, 0.15) is 22.5 Å². The van der Waals surface area contributed by atoms with Gasteiger partial charge < -0.3 is 11.4 Å². The van der Waals surface area contributed by atoms with Gasteiger partial charge in [-0.3, -0.25) is 0 Å². The van der Waals surface area contributed by atoms with Gasteiger partial charge in [0.25, 0.3) is 0 Å². The van der Waals surface area contributed by atoms with Gasteiger partial charge in [-0.2, -0.15) is 0 Å². The SMILES string of the molecule is Cc1ccc2cccc([O][Al]([O]c3ccc(-c4ccccc4)c4ccccc34)[O]c3cccc4ccc(C)nc34)c2n1. The number of hydrogen-bond donors (Lipinski definition) is 0. The molecule has 2 aromatic heterocycles. The maximum Gasteiger partial charge on any atom is 1.20 e. The van der Waals surface area contributed by atoms with E-state index in [1.165, 1.54) is 0 Å². The van der Waals surface area contributed by atoms with Crippen molar-refractivity contribution < 1.29 is 11.4 Å². The van der Waals surface area contributed by atoms with Crippen LogP contribution in [0.3, 0.4) is 0 Å². The molecule has 0 radical (unpaired) electrons. The smallest absolute Gasteiger partial charge is 0.577 e. The topological polar surface area (TPSA) is 53.5 Å². The summed E-state index contributed by atoms with van der Waals surface area (Å²) in [5.41, 5.74) is 5.67. The first kappa shape index (κ1) is 26.0. The molecular formula is C36H27AlN2O3. The summed E-state index contributed by atoms with van der Waals surface area (Å²) < 4.78 is 20.0. The molecule has 7 rings (SSSR count). The van der Waals surface area contributed by atoms with Crippen LogP contribution in [0.15, 0.2) is 127 Å². The van der Waals surface area contributed by atoms with Crippen molar-refractivity contribution in [3.63, 3.8) is 0 Å².